The van der Waals surface area contributed by atoms with Crippen LogP contribution in [-0.2, 0) is 18.3 Å². The summed E-state index contributed by atoms with van der Waals surface area (Å²) in [6.07, 6.45) is -0.703. The number of hydrogen-bond donors (Lipinski definition) is 1. The molecule has 38 heavy (non-hydrogen) atoms. The summed E-state index contributed by atoms with van der Waals surface area (Å²) in [5, 5.41) is 3.66. The Labute approximate surface area is 213 Å². The Kier molecular flexibility index (Phi) is 7.47. The summed E-state index contributed by atoms with van der Waals surface area (Å²) >= 11 is 0. The minimum atomic E-state index is -4.78. The largest absolute Gasteiger partial charge is 0.441 e. The van der Waals surface area contributed by atoms with Crippen molar-refractivity contribution in [3.05, 3.63) is 73.4 Å². The highest BCUT2D eigenvalue weighted by atomic mass is 31.3. The van der Waals surface area contributed by atoms with Crippen LogP contribution in [0.3, 0.4) is 0 Å². The maximum absolute atomic E-state index is 16.0. The van der Waals surface area contributed by atoms with Crippen LogP contribution in [0.1, 0.15) is 18.2 Å². The zero-order chi connectivity index (χ0) is 27.0. The zero-order valence-electron chi connectivity index (χ0n) is 19.6. The second kappa shape index (κ2) is 10.5. The SMILES string of the molecule is Cc1cn(C2CC(N=[N+]=[N-])C(COP3(F)=NP(F)(Oc4ccccc4)=NP4(=N3)OCCO4)O2)c(=O)[nH]c1=O. The molecule has 5 rings (SSSR count). The molecule has 0 saturated carbocycles. The van der Waals surface area contributed by atoms with Gasteiger partial charge in [0.15, 0.2) is 0 Å². The van der Waals surface area contributed by atoms with Crippen LogP contribution in [-0.4, -0.2) is 41.5 Å². The van der Waals surface area contributed by atoms with Crippen molar-refractivity contribution in [2.24, 2.45) is 18.7 Å². The van der Waals surface area contributed by atoms with Crippen LogP contribution in [0.5, 0.6) is 5.75 Å². The van der Waals surface area contributed by atoms with Crippen molar-refractivity contribution in [1.82, 2.24) is 9.55 Å². The lowest BCUT2D eigenvalue weighted by Crippen LogP contribution is -2.33. The van der Waals surface area contributed by atoms with E-state index in [9.17, 15) is 9.59 Å². The molecule has 0 bridgehead atoms. The van der Waals surface area contributed by atoms with Gasteiger partial charge in [-0.05, 0) is 24.6 Å². The first-order valence-corrected chi connectivity index (χ1v) is 15.7. The van der Waals surface area contributed by atoms with Gasteiger partial charge in [0.05, 0.1) is 32.0 Å². The molecular formula is C18H21F2N8O7P3. The predicted octanol–water partition coefficient (Wildman–Crippen LogP) is 5.75. The highest BCUT2D eigenvalue weighted by Crippen LogP contribution is 2.81. The fourth-order valence-corrected chi connectivity index (χ4v) is 11.5. The number of benzene rings is 1. The van der Waals surface area contributed by atoms with Crippen LogP contribution in [0.25, 0.3) is 10.4 Å². The van der Waals surface area contributed by atoms with Crippen molar-refractivity contribution in [2.45, 2.75) is 31.7 Å². The molecule has 20 heteroatoms. The highest BCUT2D eigenvalue weighted by Gasteiger charge is 2.46. The van der Waals surface area contributed by atoms with Crippen LogP contribution >= 0.6 is 23.1 Å². The van der Waals surface area contributed by atoms with Gasteiger partial charge in [0.25, 0.3) is 5.56 Å². The molecule has 5 unspecified atom stereocenters. The van der Waals surface area contributed by atoms with E-state index in [4.69, 9.17) is 28.4 Å². The summed E-state index contributed by atoms with van der Waals surface area (Å²) in [6, 6.07) is 6.89. The van der Waals surface area contributed by atoms with Crippen LogP contribution in [0.4, 0.5) is 8.39 Å². The molecule has 1 spiro atoms. The molecular weight excluding hydrogens is 571 g/mol. The Balaban J connectivity index is 1.42. The Morgan fingerprint density at radius 1 is 1.18 bits per heavy atom. The Morgan fingerprint density at radius 2 is 1.92 bits per heavy atom. The van der Waals surface area contributed by atoms with Crippen LogP contribution < -0.4 is 15.8 Å². The van der Waals surface area contributed by atoms with Crippen molar-refractivity contribution in [2.75, 3.05) is 19.8 Å². The van der Waals surface area contributed by atoms with Crippen molar-refractivity contribution >= 4 is 23.1 Å². The van der Waals surface area contributed by atoms with Crippen molar-refractivity contribution in [3.8, 4) is 5.75 Å². The molecule has 1 aromatic carbocycles. The number of nitrogens with one attached hydrogen (secondary N) is 1. The summed E-state index contributed by atoms with van der Waals surface area (Å²) in [7, 11) is -13.2. The number of para-hydroxylation sites is 1. The molecule has 3 aliphatic heterocycles. The molecule has 204 valence electrons. The number of halogens is 2. The van der Waals surface area contributed by atoms with Gasteiger partial charge in [0.1, 0.15) is 12.0 Å². The monoisotopic (exact) mass is 592 g/mol. The molecule has 0 radical (unpaired) electrons. The third kappa shape index (κ3) is 5.70. The van der Waals surface area contributed by atoms with Gasteiger partial charge < -0.3 is 22.8 Å². The van der Waals surface area contributed by atoms with Gasteiger partial charge in [-0.15, -0.1) is 17.7 Å². The van der Waals surface area contributed by atoms with Crippen molar-refractivity contribution in [1.29, 1.82) is 0 Å². The number of H-pyrrole nitrogens is 1. The highest BCUT2D eigenvalue weighted by molar-refractivity contribution is 7.78. The quantitative estimate of drug-likeness (QED) is 0.183. The third-order valence-electron chi connectivity index (χ3n) is 5.50. The topological polar surface area (TPSA) is 187 Å². The average molecular weight is 592 g/mol. The number of hydrogen-bond acceptors (Lipinski definition) is 11. The van der Waals surface area contributed by atoms with E-state index in [1.54, 1.807) is 18.2 Å². The van der Waals surface area contributed by atoms with E-state index in [1.165, 1.54) is 25.3 Å². The predicted molar refractivity (Wildman–Crippen MR) is 133 cm³/mol. The normalized spacial score (nSPS) is 31.6. The third-order valence-corrected chi connectivity index (χ3v) is 12.8. The molecule has 0 amide bonds. The van der Waals surface area contributed by atoms with Gasteiger partial charge in [0.2, 0.25) is 0 Å². The fraction of sp³-hybridized carbons (Fsp3) is 0.444. The zero-order valence-corrected chi connectivity index (χ0v) is 22.3. The van der Waals surface area contributed by atoms with Crippen LogP contribution in [0, 0.1) is 6.92 Å². The summed E-state index contributed by atoms with van der Waals surface area (Å²) in [5.41, 5.74) is 7.94. The van der Waals surface area contributed by atoms with E-state index in [0.717, 1.165) is 4.57 Å². The van der Waals surface area contributed by atoms with Gasteiger partial charge in [-0.3, -0.25) is 14.3 Å². The van der Waals surface area contributed by atoms with Gasteiger partial charge in [0, 0.05) is 23.1 Å². The molecule has 15 nitrogen and oxygen atoms in total. The molecule has 2 fully saturated rings. The Morgan fingerprint density at radius 3 is 2.63 bits per heavy atom. The lowest BCUT2D eigenvalue weighted by atomic mass is 10.1. The van der Waals surface area contributed by atoms with E-state index in [-0.39, 0.29) is 30.9 Å². The summed E-state index contributed by atoms with van der Waals surface area (Å²) < 4.78 is 71.5. The Bertz CT molecular complexity index is 1570. The van der Waals surface area contributed by atoms with Gasteiger partial charge in [-0.2, -0.15) is 4.20 Å². The number of azide groups is 1. The molecule has 5 atom stereocenters. The first-order chi connectivity index (χ1) is 18.1. The molecule has 3 aliphatic rings. The maximum Gasteiger partial charge on any atom is 0.441 e. The van der Waals surface area contributed by atoms with Gasteiger partial charge >= 0.3 is 28.8 Å². The summed E-state index contributed by atoms with van der Waals surface area (Å²) in [6.45, 7) is 0.969. The first-order valence-electron chi connectivity index (χ1n) is 11.1. The number of nitrogens with zero attached hydrogens (tertiary/aromatic N) is 7. The lowest BCUT2D eigenvalue weighted by molar-refractivity contribution is -0.0220. The van der Waals surface area contributed by atoms with Crippen LogP contribution in [0.2, 0.25) is 0 Å². The van der Waals surface area contributed by atoms with E-state index in [0.29, 0.717) is 0 Å². The fourth-order valence-electron chi connectivity index (χ4n) is 3.82. The van der Waals surface area contributed by atoms with E-state index < -0.39 is 59.4 Å². The molecule has 0 aliphatic carbocycles. The van der Waals surface area contributed by atoms with E-state index in [2.05, 4.69) is 28.6 Å². The van der Waals surface area contributed by atoms with Gasteiger partial charge in [-0.1, -0.05) is 23.3 Å². The standard InChI is InChI=1S/C18H21F2N8O7P3/c1-12-10-28(18(30)22-17(12)29)16-9-14(23-24-21)15(34-16)11-33-36(19)25-37(20,35-13-5-3-2-4-6-13)27-38(26-36)31-7-8-32-38/h2-6,10,14-16H,7-9,11H2,1H3,(H,22,29,30). The molecule has 2 aromatic rings. The number of aromatic nitrogens is 2. The van der Waals surface area contributed by atoms with E-state index >= 15 is 8.39 Å². The molecule has 1 aromatic heterocycles. The van der Waals surface area contributed by atoms with E-state index in [1.807, 2.05) is 0 Å². The lowest BCUT2D eigenvalue weighted by Gasteiger charge is -2.25. The minimum Gasteiger partial charge on any atom is -0.419 e. The number of aromatic amines is 1. The minimum absolute atomic E-state index is 0.0190. The number of rotatable bonds is 7. The summed E-state index contributed by atoms with van der Waals surface area (Å²) in [4.78, 5) is 28.9. The smallest absolute Gasteiger partial charge is 0.419 e. The summed E-state index contributed by atoms with van der Waals surface area (Å²) in [5.74, 6) is 0.0636. The molecule has 1 N–H and O–H groups in total. The maximum atomic E-state index is 16.0. The Hall–Kier alpha value is -2.60. The molecule has 2 saturated heterocycles. The van der Waals surface area contributed by atoms with Crippen molar-refractivity contribution in [3.63, 3.8) is 0 Å². The van der Waals surface area contributed by atoms with Crippen molar-refractivity contribution < 1.29 is 31.2 Å². The molecule has 4 heterocycles. The second-order valence-corrected chi connectivity index (χ2v) is 14.2. The first kappa shape index (κ1) is 27.0. The second-order valence-electron chi connectivity index (χ2n) is 8.19. The van der Waals surface area contributed by atoms with Gasteiger partial charge in [-0.25, -0.2) is 4.79 Å². The number of aryl methyl sites for hydroxylation is 1. The average Bonchev–Trinajstić information content (AvgIpc) is 3.46. The number of ether oxygens (including phenoxy) is 1. The van der Waals surface area contributed by atoms with Crippen LogP contribution in [0.15, 0.2) is 64.8 Å².